The Kier molecular flexibility index (Phi) is 4.27. The van der Waals surface area contributed by atoms with Crippen LogP contribution in [-0.2, 0) is 23.2 Å². The molecule has 5 rings (SSSR count). The molecule has 2 aromatic rings. The topological polar surface area (TPSA) is 84.9 Å². The largest absolute Gasteiger partial charge is 0.486 e. The number of urea groups is 1. The molecule has 7 heteroatoms. The molecule has 1 saturated heterocycles. The van der Waals surface area contributed by atoms with Crippen molar-refractivity contribution < 1.29 is 23.9 Å². The van der Waals surface area contributed by atoms with Crippen LogP contribution in [0.2, 0.25) is 0 Å². The number of nitrogens with zero attached hydrogens (tertiary/aromatic N) is 1. The maximum atomic E-state index is 13.2. The van der Waals surface area contributed by atoms with Gasteiger partial charge in [0, 0.05) is 5.56 Å². The second-order valence-electron chi connectivity index (χ2n) is 8.07. The van der Waals surface area contributed by atoms with E-state index in [9.17, 15) is 14.4 Å². The summed E-state index contributed by atoms with van der Waals surface area (Å²) in [4.78, 5) is 39.6. The van der Waals surface area contributed by atoms with Gasteiger partial charge in [0.2, 0.25) is 0 Å². The summed E-state index contributed by atoms with van der Waals surface area (Å²) in [5.74, 6) is 0.432. The molecule has 3 amide bonds. The minimum Gasteiger partial charge on any atom is -0.486 e. The molecule has 30 heavy (non-hydrogen) atoms. The molecule has 0 radical (unpaired) electrons. The van der Waals surface area contributed by atoms with E-state index in [-0.39, 0.29) is 12.3 Å². The van der Waals surface area contributed by atoms with Crippen LogP contribution in [0.15, 0.2) is 36.4 Å². The SMILES string of the molecule is CC1(c2ccc3c(c2)OCCO3)NC(=O)N(CC(=O)c2ccc3c(c2)CCC3)C1=O. The molecule has 0 aromatic heterocycles. The first-order valence-electron chi connectivity index (χ1n) is 10.1. The highest BCUT2D eigenvalue weighted by Crippen LogP contribution is 2.37. The summed E-state index contributed by atoms with van der Waals surface area (Å²) in [6, 6.07) is 10.2. The number of aryl methyl sites for hydroxylation is 2. The number of Topliss-reactive ketones (excluding diaryl/α,β-unsaturated/α-hetero) is 1. The van der Waals surface area contributed by atoms with Crippen molar-refractivity contribution in [2.24, 2.45) is 0 Å². The first-order chi connectivity index (χ1) is 14.5. The number of fused-ring (bicyclic) bond motifs is 2. The Morgan fingerprint density at radius 1 is 1.03 bits per heavy atom. The van der Waals surface area contributed by atoms with Crippen molar-refractivity contribution in [2.45, 2.75) is 31.7 Å². The summed E-state index contributed by atoms with van der Waals surface area (Å²) in [5.41, 5.74) is 2.29. The van der Waals surface area contributed by atoms with Gasteiger partial charge in [-0.05, 0) is 61.1 Å². The second kappa shape index (κ2) is 6.86. The Hall–Kier alpha value is -3.35. The third-order valence-corrected chi connectivity index (χ3v) is 6.12. The van der Waals surface area contributed by atoms with Crippen molar-refractivity contribution in [3.05, 3.63) is 58.7 Å². The molecule has 0 bridgehead atoms. The standard InChI is InChI=1S/C23H22N2O5/c1-23(17-7-8-19-20(12-17)30-10-9-29-19)21(27)25(22(28)24-23)13-18(26)16-6-5-14-3-2-4-15(14)11-16/h5-8,11-12H,2-4,9-10,13H2,1H3,(H,24,28). The molecule has 0 saturated carbocycles. The fourth-order valence-electron chi connectivity index (χ4n) is 4.37. The van der Waals surface area contributed by atoms with Crippen LogP contribution in [0.5, 0.6) is 11.5 Å². The summed E-state index contributed by atoms with van der Waals surface area (Å²) in [6.07, 6.45) is 3.08. The van der Waals surface area contributed by atoms with Gasteiger partial charge in [-0.2, -0.15) is 0 Å². The van der Waals surface area contributed by atoms with Gasteiger partial charge in [-0.1, -0.05) is 18.2 Å². The Bertz CT molecular complexity index is 1080. The average Bonchev–Trinajstić information content (AvgIpc) is 3.31. The number of amides is 3. The molecule has 7 nitrogen and oxygen atoms in total. The zero-order valence-electron chi connectivity index (χ0n) is 16.7. The van der Waals surface area contributed by atoms with Gasteiger partial charge in [0.1, 0.15) is 18.8 Å². The van der Waals surface area contributed by atoms with E-state index in [0.29, 0.717) is 35.8 Å². The number of ketones is 1. The second-order valence-corrected chi connectivity index (χ2v) is 8.07. The number of imide groups is 1. The normalized spacial score (nSPS) is 22.1. The molecule has 0 spiro atoms. The molecule has 154 valence electrons. The smallest absolute Gasteiger partial charge is 0.325 e. The van der Waals surface area contributed by atoms with Crippen LogP contribution in [0.4, 0.5) is 4.79 Å². The lowest BCUT2D eigenvalue weighted by Crippen LogP contribution is -2.41. The quantitative estimate of drug-likeness (QED) is 0.623. The van der Waals surface area contributed by atoms with Crippen molar-refractivity contribution in [3.8, 4) is 11.5 Å². The van der Waals surface area contributed by atoms with Crippen LogP contribution >= 0.6 is 0 Å². The summed E-state index contributed by atoms with van der Waals surface area (Å²) in [5, 5.41) is 2.74. The lowest BCUT2D eigenvalue weighted by Gasteiger charge is -2.25. The van der Waals surface area contributed by atoms with E-state index in [1.165, 1.54) is 11.1 Å². The number of benzene rings is 2. The fourth-order valence-corrected chi connectivity index (χ4v) is 4.37. The van der Waals surface area contributed by atoms with Crippen LogP contribution in [0.3, 0.4) is 0 Å². The third kappa shape index (κ3) is 2.93. The molecule has 1 fully saturated rings. The van der Waals surface area contributed by atoms with E-state index in [2.05, 4.69) is 5.32 Å². The molecule has 1 unspecified atom stereocenters. The van der Waals surface area contributed by atoms with Crippen molar-refractivity contribution in [3.63, 3.8) is 0 Å². The lowest BCUT2D eigenvalue weighted by molar-refractivity contribution is -0.130. The van der Waals surface area contributed by atoms with Crippen molar-refractivity contribution in [1.82, 2.24) is 10.2 Å². The highest BCUT2D eigenvalue weighted by atomic mass is 16.6. The predicted molar refractivity (Wildman–Crippen MR) is 108 cm³/mol. The Balaban J connectivity index is 1.38. The number of rotatable bonds is 4. The van der Waals surface area contributed by atoms with Crippen LogP contribution < -0.4 is 14.8 Å². The first-order valence-corrected chi connectivity index (χ1v) is 10.1. The van der Waals surface area contributed by atoms with Crippen molar-refractivity contribution in [2.75, 3.05) is 19.8 Å². The predicted octanol–water partition coefficient (Wildman–Crippen LogP) is 2.60. The van der Waals surface area contributed by atoms with Crippen LogP contribution in [-0.4, -0.2) is 42.4 Å². The molecule has 1 N–H and O–H groups in total. The first kappa shape index (κ1) is 18.7. The zero-order valence-corrected chi connectivity index (χ0v) is 16.7. The number of nitrogens with one attached hydrogen (secondary N) is 1. The molecular weight excluding hydrogens is 384 g/mol. The highest BCUT2D eigenvalue weighted by molar-refractivity contribution is 6.11. The van der Waals surface area contributed by atoms with E-state index in [4.69, 9.17) is 9.47 Å². The molecular formula is C23H22N2O5. The molecule has 1 atom stereocenters. The molecule has 2 aliphatic heterocycles. The third-order valence-electron chi connectivity index (χ3n) is 6.12. The van der Waals surface area contributed by atoms with Crippen LogP contribution in [0.25, 0.3) is 0 Å². The van der Waals surface area contributed by atoms with Crippen LogP contribution in [0.1, 0.15) is 40.4 Å². The Morgan fingerprint density at radius 2 is 1.80 bits per heavy atom. The summed E-state index contributed by atoms with van der Waals surface area (Å²) in [6.45, 7) is 2.24. The van der Waals surface area contributed by atoms with E-state index in [1.54, 1.807) is 31.2 Å². The van der Waals surface area contributed by atoms with E-state index >= 15 is 0 Å². The fraction of sp³-hybridized carbons (Fsp3) is 0.348. The lowest BCUT2D eigenvalue weighted by atomic mass is 9.91. The summed E-state index contributed by atoms with van der Waals surface area (Å²) >= 11 is 0. The van der Waals surface area contributed by atoms with Gasteiger partial charge in [-0.3, -0.25) is 14.5 Å². The van der Waals surface area contributed by atoms with Crippen molar-refractivity contribution >= 4 is 17.7 Å². The van der Waals surface area contributed by atoms with Gasteiger partial charge < -0.3 is 14.8 Å². The van der Waals surface area contributed by atoms with Gasteiger partial charge in [0.15, 0.2) is 17.3 Å². The maximum absolute atomic E-state index is 13.2. The van der Waals surface area contributed by atoms with Crippen LogP contribution in [0, 0.1) is 0 Å². The van der Waals surface area contributed by atoms with Gasteiger partial charge in [-0.15, -0.1) is 0 Å². The maximum Gasteiger partial charge on any atom is 0.325 e. The molecule has 2 heterocycles. The van der Waals surface area contributed by atoms with Gasteiger partial charge >= 0.3 is 6.03 Å². The van der Waals surface area contributed by atoms with Crippen molar-refractivity contribution in [1.29, 1.82) is 0 Å². The average molecular weight is 406 g/mol. The molecule has 1 aliphatic carbocycles. The highest BCUT2D eigenvalue weighted by Gasteiger charge is 2.49. The summed E-state index contributed by atoms with van der Waals surface area (Å²) in [7, 11) is 0. The van der Waals surface area contributed by atoms with E-state index in [0.717, 1.165) is 24.2 Å². The Morgan fingerprint density at radius 3 is 2.63 bits per heavy atom. The Labute approximate surface area is 174 Å². The summed E-state index contributed by atoms with van der Waals surface area (Å²) < 4.78 is 11.1. The minimum absolute atomic E-state index is 0.250. The number of ether oxygens (including phenoxy) is 2. The monoisotopic (exact) mass is 406 g/mol. The van der Waals surface area contributed by atoms with E-state index in [1.807, 2.05) is 12.1 Å². The van der Waals surface area contributed by atoms with Gasteiger partial charge in [-0.25, -0.2) is 4.79 Å². The molecule has 3 aliphatic rings. The number of hydrogen-bond acceptors (Lipinski definition) is 5. The molecule has 2 aromatic carbocycles. The number of hydrogen-bond donors (Lipinski definition) is 1. The zero-order chi connectivity index (χ0) is 20.9. The minimum atomic E-state index is -1.27. The van der Waals surface area contributed by atoms with Gasteiger partial charge in [0.25, 0.3) is 5.91 Å². The van der Waals surface area contributed by atoms with Gasteiger partial charge in [0.05, 0.1) is 6.54 Å². The van der Waals surface area contributed by atoms with E-state index < -0.39 is 17.5 Å². The number of carbonyl (C=O) groups is 3. The number of carbonyl (C=O) groups excluding carboxylic acids is 3.